The highest BCUT2D eigenvalue weighted by Gasteiger charge is 2.05. The molecule has 0 atom stereocenters. The zero-order valence-corrected chi connectivity index (χ0v) is 24.5. The lowest BCUT2D eigenvalue weighted by atomic mass is 10.0. The normalized spacial score (nSPS) is 11.7. The van der Waals surface area contributed by atoms with E-state index in [-0.39, 0.29) is 0 Å². The number of allylic oxidation sites excluding steroid dienone is 7. The number of ether oxygens (including phenoxy) is 1. The van der Waals surface area contributed by atoms with Gasteiger partial charge in [-0.2, -0.15) is 0 Å². The van der Waals surface area contributed by atoms with Gasteiger partial charge in [0.1, 0.15) is 0 Å². The highest BCUT2D eigenvalue weighted by atomic mass is 19.3. The number of aliphatic imine (C=N–C) groups is 1. The van der Waals surface area contributed by atoms with Gasteiger partial charge in [0.05, 0.1) is 24.3 Å². The van der Waals surface area contributed by atoms with Crippen molar-refractivity contribution in [2.24, 2.45) is 4.99 Å². The van der Waals surface area contributed by atoms with Crippen LogP contribution in [0.1, 0.15) is 68.9 Å². The van der Waals surface area contributed by atoms with Crippen LogP contribution in [0.3, 0.4) is 0 Å². The molecule has 204 valence electrons. The van der Waals surface area contributed by atoms with Crippen molar-refractivity contribution in [1.29, 1.82) is 0 Å². The van der Waals surface area contributed by atoms with E-state index in [9.17, 15) is 8.78 Å². The molecular weight excluding hydrogens is 476 g/mol. The molecule has 2 aromatic rings. The number of halogens is 2. The van der Waals surface area contributed by atoms with Crippen molar-refractivity contribution in [3.8, 4) is 0 Å². The van der Waals surface area contributed by atoms with Gasteiger partial charge in [-0.25, -0.2) is 13.8 Å². The maximum atomic E-state index is 10.3. The molecule has 2 aromatic carbocycles. The van der Waals surface area contributed by atoms with Gasteiger partial charge in [-0.1, -0.05) is 62.6 Å². The van der Waals surface area contributed by atoms with E-state index in [1.807, 2.05) is 51.1 Å². The summed E-state index contributed by atoms with van der Waals surface area (Å²) in [7, 11) is 1.68. The van der Waals surface area contributed by atoms with Crippen LogP contribution < -0.4 is 0 Å². The van der Waals surface area contributed by atoms with E-state index in [2.05, 4.69) is 82.3 Å². The molecule has 0 bridgehead atoms. The van der Waals surface area contributed by atoms with Gasteiger partial charge in [0.25, 0.3) is 0 Å². The molecule has 38 heavy (non-hydrogen) atoms. The Morgan fingerprint density at radius 3 is 2.16 bits per heavy atom. The zero-order valence-electron chi connectivity index (χ0n) is 24.5. The highest BCUT2D eigenvalue weighted by Crippen LogP contribution is 2.22. The van der Waals surface area contributed by atoms with Crippen molar-refractivity contribution in [1.82, 2.24) is 0 Å². The van der Waals surface area contributed by atoms with Gasteiger partial charge in [0.15, 0.2) is 0 Å². The molecule has 2 rings (SSSR count). The summed E-state index contributed by atoms with van der Waals surface area (Å²) in [6.07, 6.45) is 6.76. The third kappa shape index (κ3) is 12.5. The summed E-state index contributed by atoms with van der Waals surface area (Å²) in [4.78, 5) is 4.68. The van der Waals surface area contributed by atoms with Crippen LogP contribution in [0, 0.1) is 32.9 Å². The summed E-state index contributed by atoms with van der Waals surface area (Å²) in [5.74, 6) is 0.937. The first-order valence-corrected chi connectivity index (χ1v) is 12.6. The van der Waals surface area contributed by atoms with Gasteiger partial charge in [-0.05, 0) is 106 Å². The van der Waals surface area contributed by atoms with Crippen LogP contribution in [-0.4, -0.2) is 19.2 Å². The third-order valence-corrected chi connectivity index (χ3v) is 5.64. The van der Waals surface area contributed by atoms with E-state index in [0.29, 0.717) is 0 Å². The predicted octanol–water partition coefficient (Wildman–Crippen LogP) is 10.1. The van der Waals surface area contributed by atoms with E-state index in [4.69, 9.17) is 4.74 Å². The Balaban J connectivity index is 0.000000644. The molecule has 0 aromatic heterocycles. The van der Waals surface area contributed by atoms with E-state index in [1.54, 1.807) is 7.11 Å². The highest BCUT2D eigenvalue weighted by molar-refractivity contribution is 6.10. The number of aryl methyl sites for hydroxylation is 2. The lowest BCUT2D eigenvalue weighted by Crippen LogP contribution is -1.97. The number of methoxy groups -OCH3 is 1. The van der Waals surface area contributed by atoms with E-state index in [0.717, 1.165) is 58.3 Å². The molecule has 0 saturated heterocycles. The molecular formula is C34H43F2NO. The average Bonchev–Trinajstić information content (AvgIpc) is 2.88. The number of alkyl halides is 2. The fraction of sp³-hybridized carbons (Fsp3) is 0.324. The summed E-state index contributed by atoms with van der Waals surface area (Å²) >= 11 is 0. The van der Waals surface area contributed by atoms with Crippen LogP contribution in [0.5, 0.6) is 0 Å². The standard InChI is InChI=1S/C18H23N.C14H16O.C2H4F2/c1-7-10-18(13(3)8-2)19-16(6)17-12-9-11-14(4)15(17)5;1-5-13(15-4)10-12(3)14-9-7-6-8-11(14)2;1-2(3)4/h7-12H,6H2,1-5H3;8-10H,3,5H2,1-2,4H3;2H,1H3/b10-7-,13-8-,19-18?;13-10-;. The smallest absolute Gasteiger partial charge is 0.235 e. The molecule has 0 heterocycles. The second-order valence-electron chi connectivity index (χ2n) is 8.55. The number of rotatable bonds is 8. The van der Waals surface area contributed by atoms with Crippen LogP contribution in [0.2, 0.25) is 0 Å². The topological polar surface area (TPSA) is 21.6 Å². The number of hydrogen-bond acceptors (Lipinski definition) is 2. The first kappa shape index (κ1) is 34.3. The summed E-state index contributed by atoms with van der Waals surface area (Å²) in [6.45, 7) is 23.4. The predicted molar refractivity (Wildman–Crippen MR) is 162 cm³/mol. The van der Waals surface area contributed by atoms with Crippen LogP contribution in [0.15, 0.2) is 84.1 Å². The molecule has 0 saturated carbocycles. The number of hydrogen-bond donors (Lipinski definition) is 0. The Morgan fingerprint density at radius 1 is 1.05 bits per heavy atom. The van der Waals surface area contributed by atoms with Gasteiger partial charge in [-0.15, -0.1) is 0 Å². The summed E-state index contributed by atoms with van der Waals surface area (Å²) in [5.41, 5.74) is 9.77. The van der Waals surface area contributed by atoms with E-state index < -0.39 is 6.43 Å². The van der Waals surface area contributed by atoms with Crippen LogP contribution in [0.25, 0.3) is 11.3 Å². The minimum atomic E-state index is -2.17. The number of benzene rings is 1. The van der Waals surface area contributed by atoms with Gasteiger partial charge in [0, 0.05) is 12.0 Å². The molecule has 0 aliphatic heterocycles. The Labute approximate surface area is 229 Å². The van der Waals surface area contributed by atoms with Gasteiger partial charge in [0.2, 0.25) is 6.43 Å². The molecule has 4 heteroatoms. The Bertz CT molecular complexity index is 1160. The van der Waals surface area contributed by atoms with Gasteiger partial charge < -0.3 is 4.74 Å². The first-order valence-electron chi connectivity index (χ1n) is 12.6. The number of nitrogens with zero attached hydrogens (tertiary/aromatic N) is 1. The molecule has 0 unspecified atom stereocenters. The van der Waals surface area contributed by atoms with Crippen molar-refractivity contribution >= 4 is 17.0 Å². The lowest BCUT2D eigenvalue weighted by Gasteiger charge is -2.09. The third-order valence-electron chi connectivity index (χ3n) is 5.64. The van der Waals surface area contributed by atoms with Crippen molar-refractivity contribution in [2.75, 3.05) is 7.11 Å². The fourth-order valence-corrected chi connectivity index (χ4v) is 3.21. The van der Waals surface area contributed by atoms with E-state index >= 15 is 0 Å². The van der Waals surface area contributed by atoms with Crippen molar-refractivity contribution < 1.29 is 13.5 Å². The van der Waals surface area contributed by atoms with Crippen LogP contribution >= 0.6 is 0 Å². The summed E-state index contributed by atoms with van der Waals surface area (Å²) in [5, 5.41) is 0. The monoisotopic (exact) mass is 519 g/mol. The molecule has 0 aliphatic carbocycles. The van der Waals surface area contributed by atoms with Crippen molar-refractivity contribution in [3.05, 3.63) is 119 Å². The minimum Gasteiger partial charge on any atom is -0.501 e. The van der Waals surface area contributed by atoms with Crippen LogP contribution in [-0.2, 0) is 4.74 Å². The van der Waals surface area contributed by atoms with Crippen LogP contribution in [0.4, 0.5) is 8.78 Å². The fourth-order valence-electron chi connectivity index (χ4n) is 3.21. The first-order chi connectivity index (χ1) is 17.9. The lowest BCUT2D eigenvalue weighted by molar-refractivity contribution is 0.171. The minimum absolute atomic E-state index is 0.815. The molecule has 0 amide bonds. The summed E-state index contributed by atoms with van der Waals surface area (Å²) < 4.78 is 25.9. The Hall–Kier alpha value is -3.71. The second-order valence-corrected chi connectivity index (χ2v) is 8.55. The molecule has 0 N–H and O–H groups in total. The van der Waals surface area contributed by atoms with Crippen molar-refractivity contribution in [3.63, 3.8) is 0 Å². The van der Waals surface area contributed by atoms with Gasteiger partial charge in [-0.3, -0.25) is 0 Å². The molecule has 0 fully saturated rings. The van der Waals surface area contributed by atoms with Gasteiger partial charge >= 0.3 is 0 Å². The SMILES string of the molecule is C=C(/C=C(/CC)OC)c1cc#ccc1C.C=C(N=C(/C=C\C)/C(C)=C\C)c1cccc(C)c1C.CC(F)F. The van der Waals surface area contributed by atoms with E-state index in [1.165, 1.54) is 11.1 Å². The second kappa shape index (κ2) is 18.5. The largest absolute Gasteiger partial charge is 0.501 e. The summed E-state index contributed by atoms with van der Waals surface area (Å²) in [6, 6.07) is 15.9. The Kier molecular flexibility index (Phi) is 16.7. The van der Waals surface area contributed by atoms with Crippen molar-refractivity contribution in [2.45, 2.75) is 68.2 Å². The zero-order chi connectivity index (χ0) is 29.3. The maximum Gasteiger partial charge on any atom is 0.235 e. The molecule has 0 radical (unpaired) electrons. The molecule has 2 nitrogen and oxygen atoms in total. The molecule has 0 aliphatic rings. The quantitative estimate of drug-likeness (QED) is 0.193. The average molecular weight is 520 g/mol. The molecule has 0 spiro atoms. The maximum absolute atomic E-state index is 10.3. The Morgan fingerprint density at radius 2 is 1.66 bits per heavy atom.